The van der Waals surface area contributed by atoms with Crippen molar-refractivity contribution in [2.45, 2.75) is 19.8 Å². The van der Waals surface area contributed by atoms with Crippen LogP contribution >= 0.6 is 0 Å². The van der Waals surface area contributed by atoms with Gasteiger partial charge in [-0.25, -0.2) is 0 Å². The Morgan fingerprint density at radius 2 is 2.15 bits per heavy atom. The van der Waals surface area contributed by atoms with Crippen LogP contribution in [-0.4, -0.2) is 6.61 Å². The van der Waals surface area contributed by atoms with Crippen LogP contribution in [0, 0.1) is 0 Å². The van der Waals surface area contributed by atoms with E-state index in [9.17, 15) is 0 Å². The van der Waals surface area contributed by atoms with Gasteiger partial charge in [0.2, 0.25) is 0 Å². The fraction of sp³-hybridized carbons (Fsp3) is 0.333. The van der Waals surface area contributed by atoms with Gasteiger partial charge in [0.25, 0.3) is 0 Å². The highest BCUT2D eigenvalue weighted by atomic mass is 16.5. The Bertz CT molecular complexity index is 326. The predicted octanol–water partition coefficient (Wildman–Crippen LogP) is 3.01. The van der Waals surface area contributed by atoms with Crippen LogP contribution in [0.5, 0.6) is 0 Å². The van der Waals surface area contributed by atoms with Gasteiger partial charge >= 0.3 is 0 Å². The summed E-state index contributed by atoms with van der Waals surface area (Å²) in [5.74, 6) is 0. The molecule has 0 spiro atoms. The maximum absolute atomic E-state index is 5.31. The lowest BCUT2D eigenvalue weighted by Gasteiger charge is -2.00. The van der Waals surface area contributed by atoms with E-state index in [-0.39, 0.29) is 0 Å². The van der Waals surface area contributed by atoms with E-state index < -0.39 is 0 Å². The summed E-state index contributed by atoms with van der Waals surface area (Å²) in [6.45, 7) is 2.77. The first-order chi connectivity index (χ1) is 6.42. The summed E-state index contributed by atoms with van der Waals surface area (Å²) in [6.07, 6.45) is 4.19. The minimum Gasteiger partial charge on any atom is -0.501 e. The van der Waals surface area contributed by atoms with E-state index in [2.05, 4.69) is 24.3 Å². The van der Waals surface area contributed by atoms with E-state index >= 15 is 0 Å². The van der Waals surface area contributed by atoms with Gasteiger partial charge in [0.15, 0.2) is 0 Å². The lowest BCUT2D eigenvalue weighted by molar-refractivity contribution is 0.270. The van der Waals surface area contributed by atoms with Crippen LogP contribution in [0.4, 0.5) is 0 Å². The first-order valence-electron chi connectivity index (χ1n) is 4.80. The van der Waals surface area contributed by atoms with Gasteiger partial charge in [-0.15, -0.1) is 0 Å². The molecular formula is C12H14O. The molecule has 0 aromatic heterocycles. The average molecular weight is 174 g/mol. The number of rotatable bonds is 2. The first-order valence-corrected chi connectivity index (χ1v) is 4.80. The molecule has 1 aliphatic carbocycles. The van der Waals surface area contributed by atoms with Crippen molar-refractivity contribution in [2.75, 3.05) is 6.61 Å². The molecule has 0 radical (unpaired) electrons. The molecule has 0 saturated carbocycles. The molecule has 0 heterocycles. The summed E-state index contributed by atoms with van der Waals surface area (Å²) in [6, 6.07) is 8.56. The van der Waals surface area contributed by atoms with E-state index in [1.807, 2.05) is 13.2 Å². The number of fused-ring (bicyclic) bond motifs is 1. The molecule has 0 unspecified atom stereocenters. The molecule has 1 aromatic carbocycles. The van der Waals surface area contributed by atoms with E-state index in [0.717, 1.165) is 19.4 Å². The van der Waals surface area contributed by atoms with Gasteiger partial charge < -0.3 is 4.74 Å². The third-order valence-electron chi connectivity index (χ3n) is 2.42. The fourth-order valence-electron chi connectivity index (χ4n) is 1.76. The summed E-state index contributed by atoms with van der Waals surface area (Å²) in [5.41, 5.74) is 4.17. The summed E-state index contributed by atoms with van der Waals surface area (Å²) in [5, 5.41) is 0. The van der Waals surface area contributed by atoms with E-state index in [0.29, 0.717) is 0 Å². The van der Waals surface area contributed by atoms with E-state index in [1.54, 1.807) is 0 Å². The molecule has 0 saturated heterocycles. The van der Waals surface area contributed by atoms with Crippen molar-refractivity contribution in [3.63, 3.8) is 0 Å². The molecule has 68 valence electrons. The quantitative estimate of drug-likeness (QED) is 0.626. The lowest BCUT2D eigenvalue weighted by Crippen LogP contribution is -1.82. The Morgan fingerprint density at radius 1 is 1.31 bits per heavy atom. The number of hydrogen-bond donors (Lipinski definition) is 0. The summed E-state index contributed by atoms with van der Waals surface area (Å²) in [4.78, 5) is 0. The molecule has 13 heavy (non-hydrogen) atoms. The zero-order valence-electron chi connectivity index (χ0n) is 7.92. The normalized spacial score (nSPS) is 17.5. The van der Waals surface area contributed by atoms with Crippen LogP contribution < -0.4 is 0 Å². The maximum Gasteiger partial charge on any atom is 0.0866 e. The zero-order chi connectivity index (χ0) is 9.10. The van der Waals surface area contributed by atoms with Crippen LogP contribution in [0.1, 0.15) is 24.5 Å². The highest BCUT2D eigenvalue weighted by Crippen LogP contribution is 2.31. The SMILES string of the molecule is CCOC=C1CCc2ccccc21. The number of benzene rings is 1. The molecule has 1 aromatic rings. The van der Waals surface area contributed by atoms with Gasteiger partial charge in [0.1, 0.15) is 0 Å². The third-order valence-corrected chi connectivity index (χ3v) is 2.42. The van der Waals surface area contributed by atoms with Gasteiger partial charge in [-0.1, -0.05) is 24.3 Å². The van der Waals surface area contributed by atoms with Crippen molar-refractivity contribution in [3.8, 4) is 0 Å². The Kier molecular flexibility index (Phi) is 2.35. The second kappa shape index (κ2) is 3.65. The molecule has 1 aliphatic rings. The van der Waals surface area contributed by atoms with Gasteiger partial charge in [-0.3, -0.25) is 0 Å². The van der Waals surface area contributed by atoms with E-state index in [1.165, 1.54) is 16.7 Å². The van der Waals surface area contributed by atoms with Crippen LogP contribution in [0.3, 0.4) is 0 Å². The topological polar surface area (TPSA) is 9.23 Å². The Morgan fingerprint density at radius 3 is 3.00 bits per heavy atom. The standard InChI is InChI=1S/C12H14O/c1-2-13-9-11-8-7-10-5-3-4-6-12(10)11/h3-6,9H,2,7-8H2,1H3. The number of allylic oxidation sites excluding steroid dienone is 1. The molecule has 0 fully saturated rings. The number of aryl methyl sites for hydroxylation is 1. The smallest absolute Gasteiger partial charge is 0.0866 e. The van der Waals surface area contributed by atoms with Crippen LogP contribution in [-0.2, 0) is 11.2 Å². The second-order valence-electron chi connectivity index (χ2n) is 3.26. The summed E-state index contributed by atoms with van der Waals surface area (Å²) < 4.78 is 5.31. The van der Waals surface area contributed by atoms with Crippen LogP contribution in [0.2, 0.25) is 0 Å². The minimum absolute atomic E-state index is 0.756. The number of ether oxygens (including phenoxy) is 1. The summed E-state index contributed by atoms with van der Waals surface area (Å²) in [7, 11) is 0. The fourth-order valence-corrected chi connectivity index (χ4v) is 1.76. The molecular weight excluding hydrogens is 160 g/mol. The Labute approximate surface area is 79.0 Å². The molecule has 0 atom stereocenters. The Hall–Kier alpha value is -1.24. The minimum atomic E-state index is 0.756. The van der Waals surface area contributed by atoms with Crippen molar-refractivity contribution in [2.24, 2.45) is 0 Å². The highest BCUT2D eigenvalue weighted by molar-refractivity contribution is 5.71. The first kappa shape index (κ1) is 8.36. The van der Waals surface area contributed by atoms with Crippen molar-refractivity contribution in [1.82, 2.24) is 0 Å². The van der Waals surface area contributed by atoms with Crippen LogP contribution in [0.25, 0.3) is 5.57 Å². The zero-order valence-corrected chi connectivity index (χ0v) is 7.92. The van der Waals surface area contributed by atoms with Crippen molar-refractivity contribution in [3.05, 3.63) is 41.7 Å². The predicted molar refractivity (Wildman–Crippen MR) is 54.4 cm³/mol. The Balaban J connectivity index is 2.28. The van der Waals surface area contributed by atoms with E-state index in [4.69, 9.17) is 4.74 Å². The molecule has 0 N–H and O–H groups in total. The third kappa shape index (κ3) is 1.59. The molecule has 1 heteroatoms. The summed E-state index contributed by atoms with van der Waals surface area (Å²) >= 11 is 0. The van der Waals surface area contributed by atoms with Gasteiger partial charge in [0.05, 0.1) is 12.9 Å². The molecule has 2 rings (SSSR count). The van der Waals surface area contributed by atoms with Gasteiger partial charge in [-0.2, -0.15) is 0 Å². The molecule has 0 bridgehead atoms. The van der Waals surface area contributed by atoms with Gasteiger partial charge in [0, 0.05) is 0 Å². The second-order valence-corrected chi connectivity index (χ2v) is 3.26. The van der Waals surface area contributed by atoms with Crippen molar-refractivity contribution >= 4 is 5.57 Å². The van der Waals surface area contributed by atoms with Crippen LogP contribution in [0.15, 0.2) is 30.5 Å². The largest absolute Gasteiger partial charge is 0.501 e. The maximum atomic E-state index is 5.31. The highest BCUT2D eigenvalue weighted by Gasteiger charge is 2.14. The molecule has 1 nitrogen and oxygen atoms in total. The monoisotopic (exact) mass is 174 g/mol. The molecule has 0 amide bonds. The number of hydrogen-bond acceptors (Lipinski definition) is 1. The average Bonchev–Trinajstić information content (AvgIpc) is 2.58. The molecule has 0 aliphatic heterocycles. The van der Waals surface area contributed by atoms with Crippen molar-refractivity contribution < 1.29 is 4.74 Å². The van der Waals surface area contributed by atoms with Gasteiger partial charge in [-0.05, 0) is 36.5 Å². The van der Waals surface area contributed by atoms with Crippen molar-refractivity contribution in [1.29, 1.82) is 0 Å². The lowest BCUT2D eigenvalue weighted by atomic mass is 10.1.